The first-order valence-electron chi connectivity index (χ1n) is 5.28. The van der Waals surface area contributed by atoms with Crippen molar-refractivity contribution >= 4 is 5.91 Å². The molecule has 0 aromatic heterocycles. The van der Waals surface area contributed by atoms with Gasteiger partial charge in [0.25, 0.3) is 0 Å². The van der Waals surface area contributed by atoms with Crippen LogP contribution >= 0.6 is 0 Å². The van der Waals surface area contributed by atoms with E-state index in [4.69, 9.17) is 5.11 Å². The molecule has 0 aromatic carbocycles. The van der Waals surface area contributed by atoms with Crippen LogP contribution in [0.3, 0.4) is 0 Å². The summed E-state index contributed by atoms with van der Waals surface area (Å²) in [6.07, 6.45) is 1.13. The van der Waals surface area contributed by atoms with Gasteiger partial charge in [0.1, 0.15) is 0 Å². The van der Waals surface area contributed by atoms with Gasteiger partial charge in [0, 0.05) is 25.7 Å². The first-order valence-corrected chi connectivity index (χ1v) is 5.28. The molecule has 4 nitrogen and oxygen atoms in total. The van der Waals surface area contributed by atoms with Crippen LogP contribution in [0.4, 0.5) is 0 Å². The first-order chi connectivity index (χ1) is 6.65. The molecule has 1 N–H and O–H groups in total. The molecule has 0 radical (unpaired) electrons. The van der Waals surface area contributed by atoms with Gasteiger partial charge >= 0.3 is 0 Å². The molecule has 82 valence electrons. The molecule has 1 saturated heterocycles. The third kappa shape index (κ3) is 2.96. The van der Waals surface area contributed by atoms with E-state index in [0.29, 0.717) is 19.1 Å². The number of hydrogen-bond acceptors (Lipinski definition) is 3. The standard InChI is InChI=1S/C10H20N2O2/c1-9(2)12(6-7-13)8-10(14)11-4-3-5-11/h9,13H,3-8H2,1-2H3. The summed E-state index contributed by atoms with van der Waals surface area (Å²) in [6.45, 7) is 7.03. The summed E-state index contributed by atoms with van der Waals surface area (Å²) in [5, 5.41) is 8.84. The fraction of sp³-hybridized carbons (Fsp3) is 0.900. The lowest BCUT2D eigenvalue weighted by Gasteiger charge is -2.34. The maximum absolute atomic E-state index is 11.6. The molecule has 1 heterocycles. The van der Waals surface area contributed by atoms with E-state index < -0.39 is 0 Å². The molecule has 1 rings (SSSR count). The molecule has 0 spiro atoms. The fourth-order valence-electron chi connectivity index (χ4n) is 1.49. The minimum Gasteiger partial charge on any atom is -0.395 e. The average Bonchev–Trinajstić information content (AvgIpc) is 1.99. The Morgan fingerprint density at radius 1 is 1.50 bits per heavy atom. The Bertz CT molecular complexity index is 191. The lowest BCUT2D eigenvalue weighted by Crippen LogP contribution is -2.49. The quantitative estimate of drug-likeness (QED) is 0.675. The van der Waals surface area contributed by atoms with Crippen LogP contribution in [0.25, 0.3) is 0 Å². The van der Waals surface area contributed by atoms with Gasteiger partial charge in [-0.2, -0.15) is 0 Å². The third-order valence-electron chi connectivity index (χ3n) is 2.66. The van der Waals surface area contributed by atoms with Gasteiger partial charge in [-0.25, -0.2) is 0 Å². The van der Waals surface area contributed by atoms with Crippen molar-refractivity contribution in [2.24, 2.45) is 0 Å². The number of amides is 1. The maximum Gasteiger partial charge on any atom is 0.236 e. The van der Waals surface area contributed by atoms with Crippen molar-refractivity contribution in [2.75, 3.05) is 32.8 Å². The van der Waals surface area contributed by atoms with E-state index in [1.807, 2.05) is 23.6 Å². The molecule has 0 saturated carbocycles. The Labute approximate surface area is 85.5 Å². The average molecular weight is 200 g/mol. The highest BCUT2D eigenvalue weighted by atomic mass is 16.3. The van der Waals surface area contributed by atoms with Crippen LogP contribution in [0, 0.1) is 0 Å². The number of aliphatic hydroxyl groups excluding tert-OH is 1. The molecule has 0 bridgehead atoms. The van der Waals surface area contributed by atoms with Crippen LogP contribution in [0.1, 0.15) is 20.3 Å². The van der Waals surface area contributed by atoms with Crippen LogP contribution < -0.4 is 0 Å². The smallest absolute Gasteiger partial charge is 0.236 e. The predicted octanol–water partition coefficient (Wildman–Crippen LogP) is -0.0786. The Morgan fingerprint density at radius 3 is 2.50 bits per heavy atom. The highest BCUT2D eigenvalue weighted by molar-refractivity contribution is 5.78. The summed E-state index contributed by atoms with van der Waals surface area (Å²) in [7, 11) is 0. The fourth-order valence-corrected chi connectivity index (χ4v) is 1.49. The molecule has 1 fully saturated rings. The molecule has 0 unspecified atom stereocenters. The van der Waals surface area contributed by atoms with E-state index in [1.54, 1.807) is 0 Å². The van der Waals surface area contributed by atoms with Crippen molar-refractivity contribution in [1.82, 2.24) is 9.80 Å². The highest BCUT2D eigenvalue weighted by Crippen LogP contribution is 2.07. The van der Waals surface area contributed by atoms with Crippen LogP contribution in [0.2, 0.25) is 0 Å². The van der Waals surface area contributed by atoms with Gasteiger partial charge in [0.2, 0.25) is 5.91 Å². The summed E-state index contributed by atoms with van der Waals surface area (Å²) in [6, 6.07) is 0.312. The number of carbonyl (C=O) groups excluding carboxylic acids is 1. The van der Waals surface area contributed by atoms with Gasteiger partial charge < -0.3 is 10.0 Å². The molecule has 0 aliphatic carbocycles. The number of hydrogen-bond donors (Lipinski definition) is 1. The number of carbonyl (C=O) groups is 1. The predicted molar refractivity (Wildman–Crippen MR) is 55.0 cm³/mol. The summed E-state index contributed by atoms with van der Waals surface area (Å²) < 4.78 is 0. The molecule has 1 aliphatic heterocycles. The molecular weight excluding hydrogens is 180 g/mol. The summed E-state index contributed by atoms with van der Waals surface area (Å²) in [4.78, 5) is 15.5. The van der Waals surface area contributed by atoms with Crippen molar-refractivity contribution in [3.8, 4) is 0 Å². The van der Waals surface area contributed by atoms with Crippen molar-refractivity contribution < 1.29 is 9.90 Å². The van der Waals surface area contributed by atoms with Crippen molar-refractivity contribution in [1.29, 1.82) is 0 Å². The lowest BCUT2D eigenvalue weighted by atomic mass is 10.2. The molecule has 1 amide bonds. The monoisotopic (exact) mass is 200 g/mol. The van der Waals surface area contributed by atoms with E-state index in [2.05, 4.69) is 0 Å². The van der Waals surface area contributed by atoms with E-state index in [0.717, 1.165) is 19.5 Å². The van der Waals surface area contributed by atoms with E-state index in [-0.39, 0.29) is 12.5 Å². The lowest BCUT2D eigenvalue weighted by molar-refractivity contribution is -0.136. The second kappa shape index (κ2) is 5.32. The largest absolute Gasteiger partial charge is 0.395 e. The zero-order valence-corrected chi connectivity index (χ0v) is 9.07. The number of rotatable bonds is 5. The van der Waals surface area contributed by atoms with E-state index in [1.165, 1.54) is 0 Å². The van der Waals surface area contributed by atoms with Crippen LogP contribution in [0.5, 0.6) is 0 Å². The third-order valence-corrected chi connectivity index (χ3v) is 2.66. The normalized spacial score (nSPS) is 16.2. The number of aliphatic hydroxyl groups is 1. The van der Waals surface area contributed by atoms with E-state index in [9.17, 15) is 4.79 Å². The summed E-state index contributed by atoms with van der Waals surface area (Å²) in [5.41, 5.74) is 0. The maximum atomic E-state index is 11.6. The molecule has 0 aromatic rings. The van der Waals surface area contributed by atoms with Crippen molar-refractivity contribution in [3.63, 3.8) is 0 Å². The molecule has 1 aliphatic rings. The Balaban J connectivity index is 2.33. The molecule has 0 atom stereocenters. The van der Waals surface area contributed by atoms with Gasteiger partial charge in [-0.1, -0.05) is 0 Å². The second-order valence-electron chi connectivity index (χ2n) is 4.02. The minimum absolute atomic E-state index is 0.117. The van der Waals surface area contributed by atoms with Gasteiger partial charge in [-0.05, 0) is 20.3 Å². The molecule has 4 heteroatoms. The second-order valence-corrected chi connectivity index (χ2v) is 4.02. The number of nitrogens with zero attached hydrogens (tertiary/aromatic N) is 2. The molecule has 14 heavy (non-hydrogen) atoms. The number of likely N-dealkylation sites (tertiary alicyclic amines) is 1. The van der Waals surface area contributed by atoms with Crippen molar-refractivity contribution in [3.05, 3.63) is 0 Å². The summed E-state index contributed by atoms with van der Waals surface area (Å²) >= 11 is 0. The zero-order valence-electron chi connectivity index (χ0n) is 9.07. The van der Waals surface area contributed by atoms with Gasteiger partial charge in [-0.3, -0.25) is 9.69 Å². The van der Waals surface area contributed by atoms with E-state index >= 15 is 0 Å². The molecular formula is C10H20N2O2. The zero-order chi connectivity index (χ0) is 10.6. The van der Waals surface area contributed by atoms with Gasteiger partial charge in [0.15, 0.2) is 0 Å². The topological polar surface area (TPSA) is 43.8 Å². The van der Waals surface area contributed by atoms with Crippen molar-refractivity contribution in [2.45, 2.75) is 26.3 Å². The highest BCUT2D eigenvalue weighted by Gasteiger charge is 2.22. The van der Waals surface area contributed by atoms with Gasteiger partial charge in [0.05, 0.1) is 13.2 Å². The Morgan fingerprint density at radius 2 is 2.14 bits per heavy atom. The van der Waals surface area contributed by atoms with Crippen LogP contribution in [0.15, 0.2) is 0 Å². The SMILES string of the molecule is CC(C)N(CCO)CC(=O)N1CCC1. The minimum atomic E-state index is 0.117. The summed E-state index contributed by atoms with van der Waals surface area (Å²) in [5.74, 6) is 0.193. The van der Waals surface area contributed by atoms with Crippen LogP contribution in [-0.2, 0) is 4.79 Å². The van der Waals surface area contributed by atoms with Gasteiger partial charge in [-0.15, -0.1) is 0 Å². The Kier molecular flexibility index (Phi) is 4.35. The Hall–Kier alpha value is -0.610. The first kappa shape index (κ1) is 11.5. The van der Waals surface area contributed by atoms with Crippen LogP contribution in [-0.4, -0.2) is 59.6 Å².